The fourth-order valence-electron chi connectivity index (χ4n) is 1.74. The highest BCUT2D eigenvalue weighted by Gasteiger charge is 2.21. The van der Waals surface area contributed by atoms with Crippen LogP contribution in [-0.4, -0.2) is 23.1 Å². The van der Waals surface area contributed by atoms with Crippen LogP contribution in [0.5, 0.6) is 5.75 Å². The molecule has 1 heterocycles. The molecule has 0 amide bonds. The van der Waals surface area contributed by atoms with Gasteiger partial charge in [0, 0.05) is 17.0 Å². The lowest BCUT2D eigenvalue weighted by molar-refractivity contribution is 0.240. The Hall–Kier alpha value is -0.380. The second-order valence-corrected chi connectivity index (χ2v) is 6.69. The maximum Gasteiger partial charge on any atom is 0.138 e. The fourth-order valence-corrected chi connectivity index (χ4v) is 2.55. The molecule has 0 radical (unpaired) electrons. The summed E-state index contributed by atoms with van der Waals surface area (Å²) in [5.41, 5.74) is 6.93. The van der Waals surface area contributed by atoms with Crippen molar-refractivity contribution in [3.63, 3.8) is 0 Å². The first-order valence-electron chi connectivity index (χ1n) is 5.76. The summed E-state index contributed by atoms with van der Waals surface area (Å²) < 4.78 is 5.78. The molecule has 4 heteroatoms. The normalized spacial score (nSPS) is 16.7. The Bertz CT molecular complexity index is 399. The summed E-state index contributed by atoms with van der Waals surface area (Å²) >= 11 is 8.11. The Morgan fingerprint density at radius 2 is 2.18 bits per heavy atom. The molecule has 17 heavy (non-hydrogen) atoms. The molecule has 0 spiro atoms. The van der Waals surface area contributed by atoms with Crippen molar-refractivity contribution in [2.45, 2.75) is 31.9 Å². The lowest BCUT2D eigenvalue weighted by Gasteiger charge is -2.26. The minimum atomic E-state index is -0.212. The molecule has 0 bridgehead atoms. The summed E-state index contributed by atoms with van der Waals surface area (Å²) in [6.45, 7) is 4.02. The van der Waals surface area contributed by atoms with E-state index in [2.05, 4.69) is 0 Å². The van der Waals surface area contributed by atoms with Crippen molar-refractivity contribution < 1.29 is 4.74 Å². The number of ether oxygens (including phenoxy) is 1. The second-order valence-electron chi connectivity index (χ2n) is 5.21. The molecule has 2 N–H and O–H groups in total. The van der Waals surface area contributed by atoms with E-state index in [4.69, 9.17) is 22.1 Å². The smallest absolute Gasteiger partial charge is 0.138 e. The minimum absolute atomic E-state index is 0.212. The van der Waals surface area contributed by atoms with Crippen molar-refractivity contribution >= 4 is 23.4 Å². The highest BCUT2D eigenvalue weighted by Crippen LogP contribution is 2.30. The maximum atomic E-state index is 6.21. The Morgan fingerprint density at radius 1 is 1.47 bits per heavy atom. The first kappa shape index (κ1) is 13.1. The van der Waals surface area contributed by atoms with Crippen LogP contribution in [0, 0.1) is 0 Å². The van der Waals surface area contributed by atoms with Gasteiger partial charge in [0.15, 0.2) is 0 Å². The van der Waals surface area contributed by atoms with Crippen LogP contribution < -0.4 is 10.5 Å². The third-order valence-electron chi connectivity index (χ3n) is 2.56. The highest BCUT2D eigenvalue weighted by molar-refractivity contribution is 8.00. The number of nitrogens with two attached hydrogens (primary N) is 1. The van der Waals surface area contributed by atoms with Gasteiger partial charge in [-0.2, -0.15) is 11.8 Å². The summed E-state index contributed by atoms with van der Waals surface area (Å²) in [6.07, 6.45) is 1.14. The van der Waals surface area contributed by atoms with Crippen LogP contribution in [0.3, 0.4) is 0 Å². The molecular formula is C13H18ClNOS. The van der Waals surface area contributed by atoms with Crippen molar-refractivity contribution in [3.05, 3.63) is 28.8 Å². The largest absolute Gasteiger partial charge is 0.487 e. The molecule has 0 unspecified atom stereocenters. The van der Waals surface area contributed by atoms with Crippen LogP contribution in [0.1, 0.15) is 19.4 Å². The Balaban J connectivity index is 2.05. The minimum Gasteiger partial charge on any atom is -0.487 e. The van der Waals surface area contributed by atoms with E-state index in [1.54, 1.807) is 0 Å². The number of thioether (sulfide) groups is 1. The zero-order valence-corrected chi connectivity index (χ0v) is 11.8. The molecule has 0 atom stereocenters. The van der Waals surface area contributed by atoms with Gasteiger partial charge in [0.05, 0.1) is 5.02 Å². The summed E-state index contributed by atoms with van der Waals surface area (Å²) in [6, 6.07) is 5.95. The highest BCUT2D eigenvalue weighted by atomic mass is 35.5. The van der Waals surface area contributed by atoms with Gasteiger partial charge in [-0.15, -0.1) is 0 Å². The average Bonchev–Trinajstić information content (AvgIpc) is 2.11. The van der Waals surface area contributed by atoms with E-state index < -0.39 is 0 Å². The molecule has 1 aliphatic heterocycles. The molecule has 1 aliphatic rings. The van der Waals surface area contributed by atoms with Crippen molar-refractivity contribution in [1.82, 2.24) is 0 Å². The van der Waals surface area contributed by atoms with Gasteiger partial charge in [-0.1, -0.05) is 17.7 Å². The molecule has 2 rings (SSSR count). The van der Waals surface area contributed by atoms with Gasteiger partial charge in [0.25, 0.3) is 0 Å². The second kappa shape index (κ2) is 5.09. The van der Waals surface area contributed by atoms with E-state index in [0.717, 1.165) is 29.2 Å². The van der Waals surface area contributed by atoms with Crippen molar-refractivity contribution in [2.75, 3.05) is 11.5 Å². The predicted octanol–water partition coefficient (Wildman–Crippen LogP) is 3.11. The molecule has 1 fully saturated rings. The van der Waals surface area contributed by atoms with Crippen molar-refractivity contribution in [3.8, 4) is 5.75 Å². The van der Waals surface area contributed by atoms with Gasteiger partial charge in [-0.25, -0.2) is 0 Å². The number of rotatable bonds is 4. The third kappa shape index (κ3) is 3.80. The summed E-state index contributed by atoms with van der Waals surface area (Å²) in [5, 5.41) is 0.684. The van der Waals surface area contributed by atoms with E-state index >= 15 is 0 Å². The number of halogens is 1. The molecule has 0 aromatic heterocycles. The predicted molar refractivity (Wildman–Crippen MR) is 75.2 cm³/mol. The van der Waals surface area contributed by atoms with Gasteiger partial charge in [-0.3, -0.25) is 0 Å². The summed E-state index contributed by atoms with van der Waals surface area (Å²) in [7, 11) is 0. The van der Waals surface area contributed by atoms with Gasteiger partial charge >= 0.3 is 0 Å². The fraction of sp³-hybridized carbons (Fsp3) is 0.538. The zero-order valence-electron chi connectivity index (χ0n) is 10.2. The van der Waals surface area contributed by atoms with Crippen LogP contribution in [0.2, 0.25) is 5.02 Å². The quantitative estimate of drug-likeness (QED) is 0.914. The van der Waals surface area contributed by atoms with Crippen LogP contribution in [-0.2, 0) is 6.42 Å². The topological polar surface area (TPSA) is 35.2 Å². The molecule has 1 aromatic rings. The third-order valence-corrected chi connectivity index (χ3v) is 4.07. The van der Waals surface area contributed by atoms with Gasteiger partial charge in [-0.05, 0) is 38.0 Å². The average molecular weight is 272 g/mol. The first-order valence-corrected chi connectivity index (χ1v) is 7.29. The van der Waals surface area contributed by atoms with Crippen molar-refractivity contribution in [2.24, 2.45) is 5.73 Å². The van der Waals surface area contributed by atoms with Gasteiger partial charge in [0.2, 0.25) is 0 Å². The number of hydrogen-bond donors (Lipinski definition) is 1. The maximum absolute atomic E-state index is 6.21. The van der Waals surface area contributed by atoms with Crippen LogP contribution >= 0.6 is 23.4 Å². The molecule has 1 aromatic carbocycles. The van der Waals surface area contributed by atoms with E-state index in [-0.39, 0.29) is 5.54 Å². The Kier molecular flexibility index (Phi) is 3.91. The van der Waals surface area contributed by atoms with Gasteiger partial charge < -0.3 is 10.5 Å². The van der Waals surface area contributed by atoms with E-state index in [1.165, 1.54) is 0 Å². The van der Waals surface area contributed by atoms with Crippen LogP contribution in [0.25, 0.3) is 0 Å². The first-order chi connectivity index (χ1) is 7.94. The molecule has 1 saturated heterocycles. The zero-order chi connectivity index (χ0) is 12.5. The molecule has 2 nitrogen and oxygen atoms in total. The van der Waals surface area contributed by atoms with Crippen LogP contribution in [0.15, 0.2) is 18.2 Å². The van der Waals surface area contributed by atoms with E-state index in [0.29, 0.717) is 11.1 Å². The van der Waals surface area contributed by atoms with E-state index in [9.17, 15) is 0 Å². The van der Waals surface area contributed by atoms with Crippen molar-refractivity contribution in [1.29, 1.82) is 0 Å². The van der Waals surface area contributed by atoms with Gasteiger partial charge in [0.1, 0.15) is 11.9 Å². The Labute approximate surface area is 112 Å². The number of benzene rings is 1. The number of hydrogen-bond acceptors (Lipinski definition) is 3. The SMILES string of the molecule is CC(C)(N)Cc1ccc(OC2CSC2)c(Cl)c1. The molecule has 0 aliphatic carbocycles. The monoisotopic (exact) mass is 271 g/mol. The van der Waals surface area contributed by atoms with E-state index in [1.807, 2.05) is 43.8 Å². The molecule has 0 saturated carbocycles. The lowest BCUT2D eigenvalue weighted by Crippen LogP contribution is -2.34. The standard InChI is InChI=1S/C13H18ClNOS/c1-13(2,15)6-9-3-4-12(11(14)5-9)16-10-7-17-8-10/h3-5,10H,6-8,15H2,1-2H3. The summed E-state index contributed by atoms with van der Waals surface area (Å²) in [5.74, 6) is 2.91. The van der Waals surface area contributed by atoms with Crippen LogP contribution in [0.4, 0.5) is 0 Å². The Morgan fingerprint density at radius 3 is 2.65 bits per heavy atom. The lowest BCUT2D eigenvalue weighted by atomic mass is 9.96. The molecule has 94 valence electrons. The summed E-state index contributed by atoms with van der Waals surface area (Å²) in [4.78, 5) is 0. The molecular weight excluding hydrogens is 254 g/mol.